The molecule has 2 atom stereocenters. The van der Waals surface area contributed by atoms with Crippen LogP contribution < -0.4 is 5.32 Å². The number of esters is 1. The topological polar surface area (TPSA) is 38.3 Å². The Balaban J connectivity index is 3.76. The standard InChI is InChI=1S/C19H18F13NO2/c1-9(2)11(13(34)35-3)33-12(10-7-5-4-6-8-10)14(20,21)15(22,23)16(24,25)17(26,27)18(28,29)19(30,31)32/h4-9,11-12,33H,1-3H3/t11-,12-/m0/s1. The highest BCUT2D eigenvalue weighted by atomic mass is 19.4. The fourth-order valence-corrected chi connectivity index (χ4v) is 2.86. The number of benzene rings is 1. The van der Waals surface area contributed by atoms with E-state index in [0.717, 1.165) is 39.2 Å². The van der Waals surface area contributed by atoms with Crippen LogP contribution in [0, 0.1) is 5.92 Å². The van der Waals surface area contributed by atoms with Crippen molar-refractivity contribution in [2.45, 2.75) is 61.7 Å². The van der Waals surface area contributed by atoms with Crippen LogP contribution in [0.1, 0.15) is 25.5 Å². The molecule has 35 heavy (non-hydrogen) atoms. The Labute approximate surface area is 189 Å². The van der Waals surface area contributed by atoms with Gasteiger partial charge in [-0.1, -0.05) is 44.2 Å². The van der Waals surface area contributed by atoms with E-state index >= 15 is 0 Å². The number of carbonyl (C=O) groups excluding carboxylic acids is 1. The van der Waals surface area contributed by atoms with E-state index in [0.29, 0.717) is 12.1 Å². The van der Waals surface area contributed by atoms with Crippen LogP contribution in [0.4, 0.5) is 57.1 Å². The molecule has 1 rings (SSSR count). The number of methoxy groups -OCH3 is 1. The Morgan fingerprint density at radius 3 is 1.54 bits per heavy atom. The number of carbonyl (C=O) groups is 1. The largest absolute Gasteiger partial charge is 0.468 e. The van der Waals surface area contributed by atoms with Crippen molar-refractivity contribution in [3.63, 3.8) is 0 Å². The van der Waals surface area contributed by atoms with Gasteiger partial charge in [0.2, 0.25) is 0 Å². The molecule has 0 aliphatic carbocycles. The van der Waals surface area contributed by atoms with Crippen LogP contribution in [-0.2, 0) is 9.53 Å². The molecule has 0 aromatic heterocycles. The number of hydrogen-bond donors (Lipinski definition) is 1. The molecular formula is C19H18F13NO2. The number of alkyl halides is 13. The van der Waals surface area contributed by atoms with Crippen molar-refractivity contribution in [1.82, 2.24) is 5.32 Å². The van der Waals surface area contributed by atoms with E-state index in [9.17, 15) is 61.9 Å². The van der Waals surface area contributed by atoms with Crippen LogP contribution in [-0.4, -0.2) is 54.9 Å². The van der Waals surface area contributed by atoms with Crippen LogP contribution in [0.5, 0.6) is 0 Å². The maximum atomic E-state index is 14.9. The summed E-state index contributed by atoms with van der Waals surface area (Å²) in [7, 11) is 0.734. The summed E-state index contributed by atoms with van der Waals surface area (Å²) in [5, 5.41) is 1.57. The second kappa shape index (κ2) is 9.65. The Hall–Kier alpha value is -2.26. The molecule has 16 heteroatoms. The number of halogens is 13. The van der Waals surface area contributed by atoms with Gasteiger partial charge in [-0.25, -0.2) is 0 Å². The van der Waals surface area contributed by atoms with Crippen molar-refractivity contribution in [2.24, 2.45) is 5.92 Å². The van der Waals surface area contributed by atoms with Crippen molar-refractivity contribution < 1.29 is 66.6 Å². The van der Waals surface area contributed by atoms with Crippen LogP contribution in [0.15, 0.2) is 30.3 Å². The molecule has 0 unspecified atom stereocenters. The second-order valence-corrected chi connectivity index (χ2v) is 7.67. The molecule has 1 N–H and O–H groups in total. The van der Waals surface area contributed by atoms with Crippen LogP contribution in [0.2, 0.25) is 0 Å². The molecule has 0 aliphatic heterocycles. The molecule has 0 bridgehead atoms. The fourth-order valence-electron chi connectivity index (χ4n) is 2.86. The summed E-state index contributed by atoms with van der Waals surface area (Å²) in [6.45, 7) is 2.30. The normalized spacial score (nSPS) is 16.3. The van der Waals surface area contributed by atoms with Crippen molar-refractivity contribution in [1.29, 1.82) is 0 Å². The minimum atomic E-state index is -8.02. The SMILES string of the molecule is COC(=O)[C@@H](N[C@@H](c1ccccc1)C(F)(F)C(F)(F)C(F)(F)C(F)(F)C(F)(F)C(F)(F)F)C(C)C. The van der Waals surface area contributed by atoms with Gasteiger partial charge in [-0.3, -0.25) is 10.1 Å². The van der Waals surface area contributed by atoms with Gasteiger partial charge in [-0.05, 0) is 11.5 Å². The lowest BCUT2D eigenvalue weighted by Gasteiger charge is -2.42. The lowest BCUT2D eigenvalue weighted by molar-refractivity contribution is -0.441. The zero-order valence-electron chi connectivity index (χ0n) is 17.8. The first-order valence-electron chi connectivity index (χ1n) is 9.37. The Bertz CT molecular complexity index is 869. The Kier molecular flexibility index (Phi) is 8.49. The average Bonchev–Trinajstić information content (AvgIpc) is 2.72. The summed E-state index contributed by atoms with van der Waals surface area (Å²) in [4.78, 5) is 11.9. The first-order chi connectivity index (χ1) is 15.5. The first-order valence-corrected chi connectivity index (χ1v) is 9.37. The highest BCUT2D eigenvalue weighted by Crippen LogP contribution is 2.61. The highest BCUT2D eigenvalue weighted by molar-refractivity contribution is 5.76. The molecule has 0 spiro atoms. The lowest BCUT2D eigenvalue weighted by atomic mass is 9.87. The minimum absolute atomic E-state index is 0.608. The molecule has 0 saturated carbocycles. The van der Waals surface area contributed by atoms with Gasteiger partial charge in [0.05, 0.1) is 7.11 Å². The van der Waals surface area contributed by atoms with Gasteiger partial charge in [0.1, 0.15) is 12.1 Å². The van der Waals surface area contributed by atoms with Crippen molar-refractivity contribution >= 4 is 5.97 Å². The fraction of sp³-hybridized carbons (Fsp3) is 0.632. The quantitative estimate of drug-likeness (QED) is 0.282. The molecule has 0 amide bonds. The maximum absolute atomic E-state index is 14.9. The van der Waals surface area contributed by atoms with E-state index in [-0.39, 0.29) is 0 Å². The molecule has 0 radical (unpaired) electrons. The van der Waals surface area contributed by atoms with Crippen LogP contribution in [0.25, 0.3) is 0 Å². The predicted molar refractivity (Wildman–Crippen MR) is 93.8 cm³/mol. The van der Waals surface area contributed by atoms with Gasteiger partial charge in [0.15, 0.2) is 0 Å². The van der Waals surface area contributed by atoms with E-state index < -0.39 is 65.3 Å². The second-order valence-electron chi connectivity index (χ2n) is 7.67. The molecule has 202 valence electrons. The average molecular weight is 539 g/mol. The lowest BCUT2D eigenvalue weighted by Crippen LogP contribution is -2.71. The number of nitrogens with one attached hydrogen (secondary N) is 1. The monoisotopic (exact) mass is 539 g/mol. The zero-order valence-corrected chi connectivity index (χ0v) is 17.8. The Morgan fingerprint density at radius 1 is 0.743 bits per heavy atom. The van der Waals surface area contributed by atoms with Crippen molar-refractivity contribution in [2.75, 3.05) is 7.11 Å². The molecule has 3 nitrogen and oxygen atoms in total. The predicted octanol–water partition coefficient (Wildman–Crippen LogP) is 6.25. The zero-order chi connectivity index (χ0) is 27.8. The van der Waals surface area contributed by atoms with Gasteiger partial charge < -0.3 is 4.74 Å². The smallest absolute Gasteiger partial charge is 0.460 e. The van der Waals surface area contributed by atoms with Crippen molar-refractivity contribution in [3.8, 4) is 0 Å². The molecular weight excluding hydrogens is 521 g/mol. The van der Waals surface area contributed by atoms with Gasteiger partial charge in [0.25, 0.3) is 0 Å². The van der Waals surface area contributed by atoms with Gasteiger partial charge in [0, 0.05) is 0 Å². The third-order valence-electron chi connectivity index (χ3n) is 4.92. The van der Waals surface area contributed by atoms with Crippen molar-refractivity contribution in [3.05, 3.63) is 35.9 Å². The summed E-state index contributed by atoms with van der Waals surface area (Å²) < 4.78 is 181. The summed E-state index contributed by atoms with van der Waals surface area (Å²) in [6.07, 6.45) is -7.50. The number of ether oxygens (including phenoxy) is 1. The molecule has 0 saturated heterocycles. The summed E-state index contributed by atoms with van der Waals surface area (Å²) >= 11 is 0. The molecule has 1 aromatic rings. The molecule has 0 fully saturated rings. The third kappa shape index (κ3) is 5.03. The first kappa shape index (κ1) is 30.8. The van der Waals surface area contributed by atoms with Crippen LogP contribution >= 0.6 is 0 Å². The third-order valence-corrected chi connectivity index (χ3v) is 4.92. The van der Waals surface area contributed by atoms with E-state index in [1.807, 2.05) is 0 Å². The minimum Gasteiger partial charge on any atom is -0.468 e. The summed E-state index contributed by atoms with van der Waals surface area (Å²) in [6, 6.07) is -1.27. The maximum Gasteiger partial charge on any atom is 0.460 e. The van der Waals surface area contributed by atoms with Crippen LogP contribution in [0.3, 0.4) is 0 Å². The molecule has 1 aromatic carbocycles. The molecule has 0 aliphatic rings. The van der Waals surface area contributed by atoms with Gasteiger partial charge in [-0.2, -0.15) is 57.1 Å². The van der Waals surface area contributed by atoms with Gasteiger partial charge in [-0.15, -0.1) is 0 Å². The number of hydrogen-bond acceptors (Lipinski definition) is 3. The molecule has 0 heterocycles. The summed E-state index contributed by atoms with van der Waals surface area (Å²) in [5.41, 5.74) is -1.02. The van der Waals surface area contributed by atoms with E-state index in [1.165, 1.54) is 0 Å². The highest BCUT2D eigenvalue weighted by Gasteiger charge is 2.91. The summed E-state index contributed by atoms with van der Waals surface area (Å²) in [5.74, 6) is -40.3. The van der Waals surface area contributed by atoms with E-state index in [2.05, 4.69) is 4.74 Å². The van der Waals surface area contributed by atoms with Gasteiger partial charge >= 0.3 is 41.8 Å². The Morgan fingerprint density at radius 2 is 1.17 bits per heavy atom. The van der Waals surface area contributed by atoms with E-state index in [4.69, 9.17) is 0 Å². The number of rotatable bonds is 10. The van der Waals surface area contributed by atoms with E-state index in [1.54, 1.807) is 5.32 Å².